The number of aromatic nitrogens is 1. The minimum Gasteiger partial charge on any atom is -0.477 e. The Morgan fingerprint density at radius 3 is 2.88 bits per heavy atom. The standard InChI is InChI=1S/C12H16N2O3/c1-8-6-14(7-12(8,2)17)9-3-4-13-10(5-9)11(15)16/h3-5,8,17H,6-7H2,1-2H3,(H,15,16)/t8-,12+/m1/s1. The van der Waals surface area contributed by atoms with Gasteiger partial charge >= 0.3 is 5.97 Å². The highest BCUT2D eigenvalue weighted by Crippen LogP contribution is 2.30. The fraction of sp³-hybridized carbons (Fsp3) is 0.500. The van der Waals surface area contributed by atoms with E-state index >= 15 is 0 Å². The number of aliphatic hydroxyl groups is 1. The SMILES string of the molecule is C[C@@H]1CN(c2ccnc(C(=O)O)c2)C[C@]1(C)O. The smallest absolute Gasteiger partial charge is 0.354 e. The number of hydrogen-bond donors (Lipinski definition) is 2. The summed E-state index contributed by atoms with van der Waals surface area (Å²) in [7, 11) is 0. The van der Waals surface area contributed by atoms with E-state index in [0.29, 0.717) is 6.54 Å². The average Bonchev–Trinajstić information content (AvgIpc) is 2.54. The zero-order chi connectivity index (χ0) is 12.6. The summed E-state index contributed by atoms with van der Waals surface area (Å²) in [5.74, 6) is -0.880. The van der Waals surface area contributed by atoms with Crippen molar-refractivity contribution in [3.63, 3.8) is 0 Å². The second kappa shape index (κ2) is 4.00. The van der Waals surface area contributed by atoms with Crippen molar-refractivity contribution in [3.05, 3.63) is 24.0 Å². The molecular formula is C12H16N2O3. The molecule has 0 bridgehead atoms. The Labute approximate surface area is 99.7 Å². The predicted molar refractivity (Wildman–Crippen MR) is 63.2 cm³/mol. The fourth-order valence-electron chi connectivity index (χ4n) is 2.06. The highest BCUT2D eigenvalue weighted by atomic mass is 16.4. The van der Waals surface area contributed by atoms with E-state index in [1.807, 2.05) is 11.8 Å². The van der Waals surface area contributed by atoms with Crippen molar-refractivity contribution in [2.75, 3.05) is 18.0 Å². The second-order valence-corrected chi connectivity index (χ2v) is 4.84. The molecule has 1 aromatic rings. The van der Waals surface area contributed by atoms with Crippen molar-refractivity contribution >= 4 is 11.7 Å². The van der Waals surface area contributed by atoms with Crippen LogP contribution in [0.1, 0.15) is 24.3 Å². The van der Waals surface area contributed by atoms with Gasteiger partial charge in [-0.2, -0.15) is 0 Å². The van der Waals surface area contributed by atoms with Gasteiger partial charge < -0.3 is 15.1 Å². The van der Waals surface area contributed by atoms with Crippen LogP contribution in [0.2, 0.25) is 0 Å². The van der Waals surface area contributed by atoms with Crippen molar-refractivity contribution in [1.82, 2.24) is 4.98 Å². The van der Waals surface area contributed by atoms with Gasteiger partial charge in [-0.05, 0) is 19.1 Å². The number of carboxylic acids is 1. The molecule has 1 aromatic heterocycles. The molecule has 17 heavy (non-hydrogen) atoms. The maximum Gasteiger partial charge on any atom is 0.354 e. The molecule has 0 aromatic carbocycles. The molecule has 0 radical (unpaired) electrons. The minimum atomic E-state index is -1.04. The Balaban J connectivity index is 2.25. The molecule has 5 heteroatoms. The third kappa shape index (κ3) is 2.24. The first kappa shape index (κ1) is 11.9. The Morgan fingerprint density at radius 1 is 1.65 bits per heavy atom. The second-order valence-electron chi connectivity index (χ2n) is 4.84. The molecule has 2 heterocycles. The zero-order valence-corrected chi connectivity index (χ0v) is 9.92. The highest BCUT2D eigenvalue weighted by Gasteiger charge is 2.38. The van der Waals surface area contributed by atoms with Crippen molar-refractivity contribution < 1.29 is 15.0 Å². The maximum absolute atomic E-state index is 10.8. The molecule has 2 atom stereocenters. The Bertz CT molecular complexity index is 445. The van der Waals surface area contributed by atoms with E-state index in [2.05, 4.69) is 4.98 Å². The normalized spacial score (nSPS) is 28.4. The molecule has 0 saturated carbocycles. The largest absolute Gasteiger partial charge is 0.477 e. The van der Waals surface area contributed by atoms with E-state index in [-0.39, 0.29) is 11.6 Å². The lowest BCUT2D eigenvalue weighted by molar-refractivity contribution is 0.0443. The Morgan fingerprint density at radius 2 is 2.35 bits per heavy atom. The third-order valence-electron chi connectivity index (χ3n) is 3.39. The summed E-state index contributed by atoms with van der Waals surface area (Å²) >= 11 is 0. The van der Waals surface area contributed by atoms with E-state index in [0.717, 1.165) is 12.2 Å². The molecule has 2 N–H and O–H groups in total. The van der Waals surface area contributed by atoms with Crippen LogP contribution in [0, 0.1) is 5.92 Å². The van der Waals surface area contributed by atoms with Crippen molar-refractivity contribution in [3.8, 4) is 0 Å². The monoisotopic (exact) mass is 236 g/mol. The molecule has 1 aliphatic heterocycles. The van der Waals surface area contributed by atoms with Gasteiger partial charge in [0.05, 0.1) is 5.60 Å². The summed E-state index contributed by atoms with van der Waals surface area (Å²) in [5, 5.41) is 19.0. The molecule has 0 spiro atoms. The van der Waals surface area contributed by atoms with Crippen LogP contribution in [0.3, 0.4) is 0 Å². The van der Waals surface area contributed by atoms with Crippen molar-refractivity contribution in [2.45, 2.75) is 19.4 Å². The number of aromatic carboxylic acids is 1. The average molecular weight is 236 g/mol. The van der Waals surface area contributed by atoms with Crippen molar-refractivity contribution in [2.24, 2.45) is 5.92 Å². The Kier molecular flexibility index (Phi) is 2.79. The zero-order valence-electron chi connectivity index (χ0n) is 9.92. The van der Waals surface area contributed by atoms with Gasteiger partial charge in [0.25, 0.3) is 0 Å². The number of carboxylic acid groups (broad SMARTS) is 1. The molecule has 1 saturated heterocycles. The number of carbonyl (C=O) groups is 1. The fourth-order valence-corrected chi connectivity index (χ4v) is 2.06. The lowest BCUT2D eigenvalue weighted by atomic mass is 9.95. The molecular weight excluding hydrogens is 220 g/mol. The molecule has 5 nitrogen and oxygen atoms in total. The summed E-state index contributed by atoms with van der Waals surface area (Å²) in [6.45, 7) is 5.02. The van der Waals surface area contributed by atoms with Crippen LogP contribution in [0.5, 0.6) is 0 Å². The molecule has 0 unspecified atom stereocenters. The van der Waals surface area contributed by atoms with Crippen LogP contribution in [-0.4, -0.2) is 39.9 Å². The molecule has 0 aliphatic carbocycles. The van der Waals surface area contributed by atoms with Crippen LogP contribution in [0.4, 0.5) is 5.69 Å². The lowest BCUT2D eigenvalue weighted by Gasteiger charge is -2.21. The summed E-state index contributed by atoms with van der Waals surface area (Å²) < 4.78 is 0. The minimum absolute atomic E-state index is 0.0293. The van der Waals surface area contributed by atoms with E-state index in [1.165, 1.54) is 12.3 Å². The van der Waals surface area contributed by atoms with E-state index in [1.54, 1.807) is 13.0 Å². The van der Waals surface area contributed by atoms with Gasteiger partial charge in [0.2, 0.25) is 0 Å². The van der Waals surface area contributed by atoms with E-state index in [4.69, 9.17) is 5.11 Å². The van der Waals surface area contributed by atoms with E-state index in [9.17, 15) is 9.90 Å². The summed E-state index contributed by atoms with van der Waals surface area (Å²) in [6.07, 6.45) is 1.48. The van der Waals surface area contributed by atoms with Gasteiger partial charge in [-0.1, -0.05) is 6.92 Å². The number of rotatable bonds is 2. The van der Waals surface area contributed by atoms with Gasteiger partial charge in [0.15, 0.2) is 0 Å². The number of hydrogen-bond acceptors (Lipinski definition) is 4. The first-order chi connectivity index (χ1) is 7.90. The Hall–Kier alpha value is -1.62. The molecule has 1 aliphatic rings. The lowest BCUT2D eigenvalue weighted by Crippen LogP contribution is -2.33. The molecule has 0 amide bonds. The number of β-amino-alcohol motifs (C(OH)–C–C–N with tert-alkyl or cyclic N) is 1. The maximum atomic E-state index is 10.8. The van der Waals surface area contributed by atoms with Crippen LogP contribution >= 0.6 is 0 Å². The van der Waals surface area contributed by atoms with Gasteiger partial charge in [0.1, 0.15) is 5.69 Å². The van der Waals surface area contributed by atoms with Gasteiger partial charge in [0, 0.05) is 30.9 Å². The molecule has 2 rings (SSSR count). The first-order valence-corrected chi connectivity index (χ1v) is 5.57. The molecule has 1 fully saturated rings. The quantitative estimate of drug-likeness (QED) is 0.801. The summed E-state index contributed by atoms with van der Waals surface area (Å²) in [6, 6.07) is 3.30. The van der Waals surface area contributed by atoms with Crippen LogP contribution in [0.15, 0.2) is 18.3 Å². The van der Waals surface area contributed by atoms with Crippen LogP contribution in [0.25, 0.3) is 0 Å². The highest BCUT2D eigenvalue weighted by molar-refractivity contribution is 5.86. The number of pyridine rings is 1. The van der Waals surface area contributed by atoms with Gasteiger partial charge in [-0.3, -0.25) is 0 Å². The van der Waals surface area contributed by atoms with Gasteiger partial charge in [-0.25, -0.2) is 9.78 Å². The van der Waals surface area contributed by atoms with Crippen molar-refractivity contribution in [1.29, 1.82) is 0 Å². The molecule has 92 valence electrons. The van der Waals surface area contributed by atoms with E-state index < -0.39 is 11.6 Å². The third-order valence-corrected chi connectivity index (χ3v) is 3.39. The first-order valence-electron chi connectivity index (χ1n) is 5.57. The predicted octanol–water partition coefficient (Wildman–Crippen LogP) is 0.987. The number of anilines is 1. The van der Waals surface area contributed by atoms with Crippen LogP contribution in [-0.2, 0) is 0 Å². The van der Waals surface area contributed by atoms with Crippen LogP contribution < -0.4 is 4.90 Å². The van der Waals surface area contributed by atoms with Gasteiger partial charge in [-0.15, -0.1) is 0 Å². The number of nitrogens with zero attached hydrogens (tertiary/aromatic N) is 2. The topological polar surface area (TPSA) is 73.7 Å². The summed E-state index contributed by atoms with van der Waals surface area (Å²) in [5.41, 5.74) is 0.0934. The summed E-state index contributed by atoms with van der Waals surface area (Å²) in [4.78, 5) is 16.6.